The molecule has 0 radical (unpaired) electrons. The molecule has 5 heteroatoms. The normalized spacial score (nSPS) is 10.4. The third-order valence-corrected chi connectivity index (χ3v) is 2.73. The Labute approximate surface area is 137 Å². The summed E-state index contributed by atoms with van der Waals surface area (Å²) in [7, 11) is 0. The average Bonchev–Trinajstić information content (AvgIpc) is 2.44. The first-order chi connectivity index (χ1) is 10.8. The van der Waals surface area contributed by atoms with E-state index in [0.29, 0.717) is 19.4 Å². The second kappa shape index (κ2) is 8.84. The highest BCUT2D eigenvalue weighted by atomic mass is 16.6. The van der Waals surface area contributed by atoms with E-state index in [-0.39, 0.29) is 6.42 Å². The van der Waals surface area contributed by atoms with Crippen LogP contribution in [-0.2, 0) is 16.0 Å². The molecular weight excluding hydrogens is 294 g/mol. The van der Waals surface area contributed by atoms with Gasteiger partial charge in [-0.1, -0.05) is 24.0 Å². The highest BCUT2D eigenvalue weighted by Gasteiger charge is 2.15. The van der Waals surface area contributed by atoms with Gasteiger partial charge >= 0.3 is 12.1 Å². The summed E-state index contributed by atoms with van der Waals surface area (Å²) in [6.07, 6.45) is 0.728. The summed E-state index contributed by atoms with van der Waals surface area (Å²) in [5, 5.41) is 11.3. The van der Waals surface area contributed by atoms with E-state index in [0.717, 1.165) is 11.1 Å². The Hall–Kier alpha value is -2.48. The van der Waals surface area contributed by atoms with Gasteiger partial charge < -0.3 is 15.2 Å². The third kappa shape index (κ3) is 9.20. The fourth-order valence-electron chi connectivity index (χ4n) is 1.71. The first-order valence-electron chi connectivity index (χ1n) is 7.53. The minimum Gasteiger partial charge on any atom is -0.481 e. The highest BCUT2D eigenvalue weighted by molar-refractivity contribution is 5.67. The number of ether oxygens (including phenoxy) is 1. The van der Waals surface area contributed by atoms with Crippen LogP contribution < -0.4 is 5.32 Å². The molecule has 1 aromatic carbocycles. The number of hydrogen-bond donors (Lipinski definition) is 2. The van der Waals surface area contributed by atoms with Crippen molar-refractivity contribution in [2.24, 2.45) is 0 Å². The van der Waals surface area contributed by atoms with Crippen molar-refractivity contribution in [1.82, 2.24) is 5.32 Å². The zero-order valence-electron chi connectivity index (χ0n) is 13.8. The van der Waals surface area contributed by atoms with Crippen molar-refractivity contribution in [3.63, 3.8) is 0 Å². The van der Waals surface area contributed by atoms with E-state index in [4.69, 9.17) is 9.84 Å². The maximum atomic E-state index is 11.4. The SMILES string of the molecule is CC(C)(C)OC(=O)NCCC#Cc1ccc(CCC(=O)O)cc1. The first-order valence-corrected chi connectivity index (χ1v) is 7.53. The number of hydrogen-bond acceptors (Lipinski definition) is 3. The smallest absolute Gasteiger partial charge is 0.407 e. The topological polar surface area (TPSA) is 75.6 Å². The Morgan fingerprint density at radius 3 is 2.43 bits per heavy atom. The average molecular weight is 317 g/mol. The van der Waals surface area contributed by atoms with E-state index in [1.807, 2.05) is 45.0 Å². The van der Waals surface area contributed by atoms with Crippen LogP contribution in [0.4, 0.5) is 4.79 Å². The fourth-order valence-corrected chi connectivity index (χ4v) is 1.71. The van der Waals surface area contributed by atoms with Gasteiger partial charge in [-0.05, 0) is 44.9 Å². The molecule has 23 heavy (non-hydrogen) atoms. The molecule has 1 rings (SSSR count). The van der Waals surface area contributed by atoms with Gasteiger partial charge in [0.15, 0.2) is 0 Å². The van der Waals surface area contributed by atoms with E-state index >= 15 is 0 Å². The van der Waals surface area contributed by atoms with Crippen LogP contribution in [0, 0.1) is 11.8 Å². The molecule has 0 saturated heterocycles. The van der Waals surface area contributed by atoms with Crippen LogP contribution in [0.2, 0.25) is 0 Å². The third-order valence-electron chi connectivity index (χ3n) is 2.73. The Morgan fingerprint density at radius 2 is 1.87 bits per heavy atom. The molecule has 0 aromatic heterocycles. The second-order valence-electron chi connectivity index (χ2n) is 6.07. The molecular formula is C18H23NO4. The van der Waals surface area contributed by atoms with Crippen molar-refractivity contribution in [1.29, 1.82) is 0 Å². The van der Waals surface area contributed by atoms with Gasteiger partial charge in [0.2, 0.25) is 0 Å². The molecule has 124 valence electrons. The number of carboxylic acids is 1. The van der Waals surface area contributed by atoms with Crippen LogP contribution in [0.3, 0.4) is 0 Å². The van der Waals surface area contributed by atoms with Crippen molar-refractivity contribution >= 4 is 12.1 Å². The Bertz CT molecular complexity index is 588. The summed E-state index contributed by atoms with van der Waals surface area (Å²) < 4.78 is 5.12. The van der Waals surface area contributed by atoms with Crippen LogP contribution >= 0.6 is 0 Å². The lowest BCUT2D eigenvalue weighted by Gasteiger charge is -2.19. The van der Waals surface area contributed by atoms with Gasteiger partial charge in [-0.3, -0.25) is 4.79 Å². The van der Waals surface area contributed by atoms with Gasteiger partial charge in [0.05, 0.1) is 0 Å². The number of carbonyl (C=O) groups is 2. The van der Waals surface area contributed by atoms with Crippen LogP contribution in [0.5, 0.6) is 0 Å². The van der Waals surface area contributed by atoms with E-state index < -0.39 is 17.7 Å². The van der Waals surface area contributed by atoms with Gasteiger partial charge in [0.1, 0.15) is 5.60 Å². The number of alkyl carbamates (subject to hydrolysis) is 1. The van der Waals surface area contributed by atoms with Gasteiger partial charge in [-0.2, -0.15) is 0 Å². The largest absolute Gasteiger partial charge is 0.481 e. The lowest BCUT2D eigenvalue weighted by molar-refractivity contribution is -0.136. The minimum atomic E-state index is -0.800. The molecule has 0 spiro atoms. The van der Waals surface area contributed by atoms with E-state index in [1.165, 1.54) is 0 Å². The van der Waals surface area contributed by atoms with Crippen molar-refractivity contribution in [3.8, 4) is 11.8 Å². The zero-order chi connectivity index (χ0) is 17.3. The summed E-state index contributed by atoms with van der Waals surface area (Å²) in [4.78, 5) is 21.9. The molecule has 0 heterocycles. The van der Waals surface area contributed by atoms with Crippen molar-refractivity contribution in [3.05, 3.63) is 35.4 Å². The number of aliphatic carboxylic acids is 1. The molecule has 1 amide bonds. The number of rotatable bonds is 5. The standard InChI is InChI=1S/C18H23NO4/c1-18(2,3)23-17(22)19-13-5-4-6-14-7-9-15(10-8-14)11-12-16(20)21/h7-10H,5,11-13H2,1-3H3,(H,19,22)(H,20,21). The molecule has 0 aliphatic heterocycles. The summed E-state index contributed by atoms with van der Waals surface area (Å²) >= 11 is 0. The molecule has 0 unspecified atom stereocenters. The molecule has 1 aromatic rings. The number of carbonyl (C=O) groups excluding carboxylic acids is 1. The fraction of sp³-hybridized carbons (Fsp3) is 0.444. The molecule has 0 bridgehead atoms. The van der Waals surface area contributed by atoms with Gasteiger partial charge in [-0.15, -0.1) is 0 Å². The Balaban J connectivity index is 2.33. The highest BCUT2D eigenvalue weighted by Crippen LogP contribution is 2.07. The monoisotopic (exact) mass is 317 g/mol. The number of aryl methyl sites for hydroxylation is 1. The molecule has 0 atom stereocenters. The van der Waals surface area contributed by atoms with Crippen molar-refractivity contribution in [2.45, 2.75) is 45.6 Å². The number of amides is 1. The predicted octanol–water partition coefficient (Wildman–Crippen LogP) is 2.97. The van der Waals surface area contributed by atoms with E-state index in [9.17, 15) is 9.59 Å². The zero-order valence-corrected chi connectivity index (χ0v) is 13.8. The molecule has 0 aliphatic carbocycles. The number of carboxylic acid groups (broad SMARTS) is 1. The lowest BCUT2D eigenvalue weighted by Crippen LogP contribution is -2.32. The van der Waals surface area contributed by atoms with Crippen LogP contribution in [0.25, 0.3) is 0 Å². The number of benzene rings is 1. The molecule has 0 aliphatic rings. The van der Waals surface area contributed by atoms with E-state index in [2.05, 4.69) is 17.2 Å². The van der Waals surface area contributed by atoms with Gasteiger partial charge in [0, 0.05) is 24.9 Å². The van der Waals surface area contributed by atoms with Crippen molar-refractivity contribution in [2.75, 3.05) is 6.54 Å². The second-order valence-corrected chi connectivity index (χ2v) is 6.07. The Morgan fingerprint density at radius 1 is 1.22 bits per heavy atom. The summed E-state index contributed by atoms with van der Waals surface area (Å²) in [6.45, 7) is 5.87. The Kier molecular flexibility index (Phi) is 7.14. The molecule has 0 fully saturated rings. The summed E-state index contributed by atoms with van der Waals surface area (Å²) in [5.74, 6) is 5.18. The van der Waals surface area contributed by atoms with E-state index in [1.54, 1.807) is 0 Å². The molecule has 0 saturated carbocycles. The first kappa shape index (κ1) is 18.6. The van der Waals surface area contributed by atoms with Gasteiger partial charge in [0.25, 0.3) is 0 Å². The minimum absolute atomic E-state index is 0.126. The lowest BCUT2D eigenvalue weighted by atomic mass is 10.1. The summed E-state index contributed by atoms with van der Waals surface area (Å²) in [6, 6.07) is 7.49. The maximum Gasteiger partial charge on any atom is 0.407 e. The quantitative estimate of drug-likeness (QED) is 0.646. The van der Waals surface area contributed by atoms with Crippen LogP contribution in [0.15, 0.2) is 24.3 Å². The van der Waals surface area contributed by atoms with Crippen LogP contribution in [-0.4, -0.2) is 29.3 Å². The van der Waals surface area contributed by atoms with Crippen LogP contribution in [0.1, 0.15) is 44.7 Å². The summed E-state index contributed by atoms with van der Waals surface area (Å²) in [5.41, 5.74) is 1.34. The number of nitrogens with one attached hydrogen (secondary N) is 1. The maximum absolute atomic E-state index is 11.4. The predicted molar refractivity (Wildman–Crippen MR) is 88.1 cm³/mol. The van der Waals surface area contributed by atoms with Crippen molar-refractivity contribution < 1.29 is 19.4 Å². The van der Waals surface area contributed by atoms with Gasteiger partial charge in [-0.25, -0.2) is 4.79 Å². The molecule has 2 N–H and O–H groups in total. The molecule has 5 nitrogen and oxygen atoms in total.